The van der Waals surface area contributed by atoms with Crippen molar-refractivity contribution in [3.8, 4) is 11.5 Å². The summed E-state index contributed by atoms with van der Waals surface area (Å²) >= 11 is 5.94. The zero-order chi connectivity index (χ0) is 25.1. The first-order chi connectivity index (χ1) is 17.4. The van der Waals surface area contributed by atoms with Crippen molar-refractivity contribution in [3.63, 3.8) is 0 Å². The molecule has 1 N–H and O–H groups in total. The Labute approximate surface area is 213 Å². The van der Waals surface area contributed by atoms with Crippen LogP contribution < -0.4 is 14.8 Å². The van der Waals surface area contributed by atoms with Crippen molar-refractivity contribution >= 4 is 40.0 Å². The Morgan fingerprint density at radius 2 is 2.03 bits per heavy atom. The van der Waals surface area contributed by atoms with E-state index < -0.39 is 5.82 Å². The number of benzene rings is 2. The van der Waals surface area contributed by atoms with Crippen LogP contribution in [0.15, 0.2) is 36.7 Å². The van der Waals surface area contributed by atoms with Gasteiger partial charge in [0.25, 0.3) is 0 Å². The fourth-order valence-electron chi connectivity index (χ4n) is 4.14. The van der Waals surface area contributed by atoms with Crippen LogP contribution in [-0.2, 0) is 9.53 Å². The summed E-state index contributed by atoms with van der Waals surface area (Å²) < 4.78 is 31.0. The number of hydrogen-bond donors (Lipinski definition) is 1. The summed E-state index contributed by atoms with van der Waals surface area (Å²) in [5.74, 6) is 1.69. The summed E-state index contributed by atoms with van der Waals surface area (Å²) in [6.07, 6.45) is 4.45. The summed E-state index contributed by atoms with van der Waals surface area (Å²) in [7, 11) is 0. The van der Waals surface area contributed by atoms with Crippen molar-refractivity contribution in [2.75, 3.05) is 38.2 Å². The number of nitrogens with zero attached hydrogens (tertiary/aromatic N) is 3. The number of hydrogen-bond acceptors (Lipinski definition) is 8. The van der Waals surface area contributed by atoms with E-state index in [1.807, 2.05) is 19.1 Å². The molecule has 2 fully saturated rings. The third kappa shape index (κ3) is 6.14. The Hall–Kier alpha value is -3.17. The molecule has 36 heavy (non-hydrogen) atoms. The number of aromatic nitrogens is 2. The third-order valence-electron chi connectivity index (χ3n) is 6.13. The fraction of sp³-hybridized carbons (Fsp3) is 0.423. The summed E-state index contributed by atoms with van der Waals surface area (Å²) in [5.41, 5.74) is 1.29. The van der Waals surface area contributed by atoms with Gasteiger partial charge in [-0.3, -0.25) is 9.69 Å². The van der Waals surface area contributed by atoms with E-state index in [0.29, 0.717) is 54.2 Å². The first-order valence-corrected chi connectivity index (χ1v) is 12.5. The molecule has 1 aromatic heterocycles. The molecule has 190 valence electrons. The second-order valence-electron chi connectivity index (χ2n) is 9.28. The predicted octanol–water partition coefficient (Wildman–Crippen LogP) is 4.97. The van der Waals surface area contributed by atoms with E-state index in [2.05, 4.69) is 20.2 Å². The number of carbonyl (C=O) groups is 1. The van der Waals surface area contributed by atoms with E-state index in [1.54, 1.807) is 6.07 Å². The van der Waals surface area contributed by atoms with Crippen molar-refractivity contribution < 1.29 is 23.4 Å². The number of anilines is 2. The van der Waals surface area contributed by atoms with Gasteiger partial charge in [-0.05, 0) is 56.4 Å². The molecule has 1 aliphatic carbocycles. The van der Waals surface area contributed by atoms with Crippen molar-refractivity contribution in [2.24, 2.45) is 5.92 Å². The van der Waals surface area contributed by atoms with Crippen LogP contribution in [0.25, 0.3) is 10.9 Å². The fourth-order valence-corrected chi connectivity index (χ4v) is 4.32. The Kier molecular flexibility index (Phi) is 7.38. The number of morpholine rings is 1. The Balaban J connectivity index is 1.32. The molecule has 0 bridgehead atoms. The SMILES string of the molecule is CC1CN(CCCOc2cc3ncnc(Nc4ccc(F)c(Cl)c4)c3cc2OCC2CC2)CC(=O)O1. The van der Waals surface area contributed by atoms with Crippen LogP contribution >= 0.6 is 11.6 Å². The van der Waals surface area contributed by atoms with Gasteiger partial charge < -0.3 is 19.5 Å². The number of ether oxygens (including phenoxy) is 3. The summed E-state index contributed by atoms with van der Waals surface area (Å²) in [6.45, 7) is 4.76. The molecule has 0 spiro atoms. The van der Waals surface area contributed by atoms with Crippen LogP contribution in [0, 0.1) is 11.7 Å². The number of rotatable bonds is 10. The maximum absolute atomic E-state index is 13.6. The van der Waals surface area contributed by atoms with Gasteiger partial charge in [-0.2, -0.15) is 0 Å². The van der Waals surface area contributed by atoms with E-state index >= 15 is 0 Å². The molecule has 0 amide bonds. The summed E-state index contributed by atoms with van der Waals surface area (Å²) in [6, 6.07) is 8.14. The molecular formula is C26H28ClFN4O4. The lowest BCUT2D eigenvalue weighted by atomic mass is 10.2. The second kappa shape index (κ2) is 10.8. The molecule has 5 rings (SSSR count). The lowest BCUT2D eigenvalue weighted by Gasteiger charge is -2.30. The van der Waals surface area contributed by atoms with Gasteiger partial charge >= 0.3 is 5.97 Å². The minimum Gasteiger partial charge on any atom is -0.490 e. The lowest BCUT2D eigenvalue weighted by Crippen LogP contribution is -2.44. The minimum atomic E-state index is -0.484. The van der Waals surface area contributed by atoms with E-state index in [9.17, 15) is 9.18 Å². The first kappa shape index (κ1) is 24.5. The zero-order valence-corrected chi connectivity index (χ0v) is 20.8. The van der Waals surface area contributed by atoms with Gasteiger partial charge in [-0.1, -0.05) is 11.6 Å². The van der Waals surface area contributed by atoms with Gasteiger partial charge in [0, 0.05) is 30.2 Å². The van der Waals surface area contributed by atoms with E-state index in [1.165, 1.54) is 31.3 Å². The normalized spacial score (nSPS) is 18.2. The van der Waals surface area contributed by atoms with Gasteiger partial charge in [0.15, 0.2) is 11.5 Å². The highest BCUT2D eigenvalue weighted by atomic mass is 35.5. The average Bonchev–Trinajstić information content (AvgIpc) is 3.67. The van der Waals surface area contributed by atoms with Gasteiger partial charge in [-0.15, -0.1) is 0 Å². The molecule has 0 radical (unpaired) electrons. The minimum absolute atomic E-state index is 0.0263. The van der Waals surface area contributed by atoms with Crippen LogP contribution in [0.1, 0.15) is 26.2 Å². The van der Waals surface area contributed by atoms with Gasteiger partial charge in [-0.25, -0.2) is 14.4 Å². The van der Waals surface area contributed by atoms with Crippen LogP contribution in [0.2, 0.25) is 5.02 Å². The molecule has 8 nitrogen and oxygen atoms in total. The predicted molar refractivity (Wildman–Crippen MR) is 135 cm³/mol. The first-order valence-electron chi connectivity index (χ1n) is 12.1. The van der Waals surface area contributed by atoms with Crippen LogP contribution in [0.3, 0.4) is 0 Å². The molecule has 2 heterocycles. The van der Waals surface area contributed by atoms with Gasteiger partial charge in [0.2, 0.25) is 0 Å². The number of carbonyl (C=O) groups excluding carboxylic acids is 1. The topological polar surface area (TPSA) is 85.8 Å². The number of cyclic esters (lactones) is 1. The molecule has 1 saturated carbocycles. The highest BCUT2D eigenvalue weighted by molar-refractivity contribution is 6.31. The van der Waals surface area contributed by atoms with Gasteiger partial charge in [0.1, 0.15) is 24.1 Å². The van der Waals surface area contributed by atoms with Crippen molar-refractivity contribution in [1.82, 2.24) is 14.9 Å². The van der Waals surface area contributed by atoms with Crippen molar-refractivity contribution in [2.45, 2.75) is 32.3 Å². The second-order valence-corrected chi connectivity index (χ2v) is 9.69. The quantitative estimate of drug-likeness (QED) is 0.300. The van der Waals surface area contributed by atoms with Crippen LogP contribution in [0.4, 0.5) is 15.9 Å². The Bertz CT molecular complexity index is 1260. The number of fused-ring (bicyclic) bond motifs is 1. The highest BCUT2D eigenvalue weighted by Crippen LogP contribution is 2.37. The zero-order valence-electron chi connectivity index (χ0n) is 20.0. The van der Waals surface area contributed by atoms with E-state index in [4.69, 9.17) is 25.8 Å². The van der Waals surface area contributed by atoms with Gasteiger partial charge in [0.05, 0.1) is 30.3 Å². The molecule has 10 heteroatoms. The van der Waals surface area contributed by atoms with E-state index in [0.717, 1.165) is 24.9 Å². The molecule has 2 aromatic carbocycles. The molecule has 1 unspecified atom stereocenters. The summed E-state index contributed by atoms with van der Waals surface area (Å²) in [5, 5.41) is 3.97. The number of halogens is 2. The molecule has 2 aliphatic rings. The molecule has 1 aliphatic heterocycles. The highest BCUT2D eigenvalue weighted by Gasteiger charge is 2.24. The smallest absolute Gasteiger partial charge is 0.320 e. The maximum Gasteiger partial charge on any atom is 0.320 e. The number of esters is 1. The third-order valence-corrected chi connectivity index (χ3v) is 6.42. The summed E-state index contributed by atoms with van der Waals surface area (Å²) in [4.78, 5) is 22.5. The van der Waals surface area contributed by atoms with E-state index in [-0.39, 0.29) is 17.1 Å². The van der Waals surface area contributed by atoms with Crippen LogP contribution in [0.5, 0.6) is 11.5 Å². The molecule has 1 saturated heterocycles. The monoisotopic (exact) mass is 514 g/mol. The van der Waals surface area contributed by atoms with Crippen LogP contribution in [-0.4, -0.2) is 59.8 Å². The van der Waals surface area contributed by atoms with Crippen molar-refractivity contribution in [1.29, 1.82) is 0 Å². The Morgan fingerprint density at radius 3 is 2.81 bits per heavy atom. The molecule has 1 atom stereocenters. The standard InChI is InChI=1S/C26H28ClFN4O4/c1-16-12-32(13-25(33)36-16)7-2-8-34-24-11-22-19(10-23(24)35-14-17-3-4-17)26(30-15-29-22)31-18-5-6-21(28)20(27)9-18/h5-6,9-11,15-17H,2-4,7-8,12-14H2,1H3,(H,29,30,31). The number of nitrogens with one attached hydrogen (secondary N) is 1. The Morgan fingerprint density at radius 1 is 1.19 bits per heavy atom. The maximum atomic E-state index is 13.6. The average molecular weight is 515 g/mol. The van der Waals surface area contributed by atoms with Crippen molar-refractivity contribution in [3.05, 3.63) is 47.5 Å². The molecular weight excluding hydrogens is 487 g/mol. The largest absolute Gasteiger partial charge is 0.490 e. The lowest BCUT2D eigenvalue weighted by molar-refractivity contribution is -0.157. The molecule has 3 aromatic rings.